The summed E-state index contributed by atoms with van der Waals surface area (Å²) in [6.07, 6.45) is 3.86. The van der Waals surface area contributed by atoms with Crippen LogP contribution in [-0.4, -0.2) is 10.1 Å². The van der Waals surface area contributed by atoms with Gasteiger partial charge in [0.15, 0.2) is 5.82 Å². The molecule has 1 aliphatic carbocycles. The minimum absolute atomic E-state index is 0. The lowest BCUT2D eigenvalue weighted by atomic mass is 9.99. The van der Waals surface area contributed by atoms with Crippen molar-refractivity contribution in [2.24, 2.45) is 5.73 Å². The van der Waals surface area contributed by atoms with E-state index in [9.17, 15) is 4.39 Å². The van der Waals surface area contributed by atoms with Gasteiger partial charge in [-0.1, -0.05) is 29.6 Å². The number of benzene rings is 1. The molecule has 108 valence electrons. The highest BCUT2D eigenvalue weighted by molar-refractivity contribution is 6.31. The van der Waals surface area contributed by atoms with E-state index in [0.717, 1.165) is 25.7 Å². The number of hydrogen-bond acceptors (Lipinski definition) is 4. The molecule has 0 atom stereocenters. The van der Waals surface area contributed by atoms with Crippen LogP contribution in [0, 0.1) is 5.82 Å². The normalized spacial score (nSPS) is 16.9. The van der Waals surface area contributed by atoms with Gasteiger partial charge in [-0.05, 0) is 31.0 Å². The molecule has 0 unspecified atom stereocenters. The maximum Gasteiger partial charge on any atom is 0.258 e. The first kappa shape index (κ1) is 15.2. The van der Waals surface area contributed by atoms with Gasteiger partial charge < -0.3 is 10.3 Å². The monoisotopic (exact) mass is 317 g/mol. The molecule has 1 saturated carbocycles. The molecule has 0 spiro atoms. The molecule has 1 heterocycles. The van der Waals surface area contributed by atoms with Gasteiger partial charge in [0.2, 0.25) is 0 Å². The van der Waals surface area contributed by atoms with Gasteiger partial charge in [0.1, 0.15) is 5.82 Å². The molecule has 7 heteroatoms. The predicted molar refractivity (Wildman–Crippen MR) is 76.3 cm³/mol. The fourth-order valence-corrected chi connectivity index (χ4v) is 2.58. The molecule has 0 aliphatic heterocycles. The van der Waals surface area contributed by atoms with Crippen molar-refractivity contribution >= 4 is 24.0 Å². The minimum atomic E-state index is -0.494. The second-order valence-electron chi connectivity index (χ2n) is 4.92. The van der Waals surface area contributed by atoms with Crippen molar-refractivity contribution in [3.8, 4) is 11.5 Å². The smallest absolute Gasteiger partial charge is 0.258 e. The van der Waals surface area contributed by atoms with Crippen LogP contribution in [0.15, 0.2) is 22.7 Å². The van der Waals surface area contributed by atoms with E-state index in [-0.39, 0.29) is 17.4 Å². The third-order valence-corrected chi connectivity index (χ3v) is 3.82. The molecule has 1 aliphatic rings. The maximum absolute atomic E-state index is 13.1. The zero-order chi connectivity index (χ0) is 13.5. The molecule has 20 heavy (non-hydrogen) atoms. The van der Waals surface area contributed by atoms with Crippen LogP contribution in [0.3, 0.4) is 0 Å². The van der Waals surface area contributed by atoms with Crippen LogP contribution in [0.5, 0.6) is 0 Å². The van der Waals surface area contributed by atoms with Crippen LogP contribution in [0.4, 0.5) is 4.39 Å². The van der Waals surface area contributed by atoms with E-state index in [1.54, 1.807) is 6.07 Å². The molecule has 2 N–H and O–H groups in total. The Morgan fingerprint density at radius 3 is 2.65 bits per heavy atom. The van der Waals surface area contributed by atoms with Crippen molar-refractivity contribution in [3.63, 3.8) is 0 Å². The number of hydrogen-bond donors (Lipinski definition) is 1. The number of nitrogens with two attached hydrogens (primary N) is 1. The zero-order valence-corrected chi connectivity index (χ0v) is 12.2. The maximum atomic E-state index is 13.1. The quantitative estimate of drug-likeness (QED) is 0.917. The Morgan fingerprint density at radius 1 is 1.30 bits per heavy atom. The summed E-state index contributed by atoms with van der Waals surface area (Å²) in [6.45, 7) is 0. The van der Waals surface area contributed by atoms with E-state index < -0.39 is 11.4 Å². The summed E-state index contributed by atoms with van der Waals surface area (Å²) in [4.78, 5) is 4.32. The van der Waals surface area contributed by atoms with Gasteiger partial charge >= 0.3 is 0 Å². The van der Waals surface area contributed by atoms with Crippen molar-refractivity contribution in [2.45, 2.75) is 31.2 Å². The number of aromatic nitrogens is 2. The van der Waals surface area contributed by atoms with E-state index >= 15 is 0 Å². The predicted octanol–water partition coefficient (Wildman–Crippen LogP) is 3.68. The fourth-order valence-electron chi connectivity index (χ4n) is 2.40. The third kappa shape index (κ3) is 2.66. The lowest BCUT2D eigenvalue weighted by molar-refractivity contribution is 0.372. The van der Waals surface area contributed by atoms with Crippen LogP contribution in [0.25, 0.3) is 11.5 Å². The molecule has 2 aromatic rings. The van der Waals surface area contributed by atoms with E-state index in [2.05, 4.69) is 10.1 Å². The number of halogens is 3. The van der Waals surface area contributed by atoms with Crippen molar-refractivity contribution in [1.82, 2.24) is 10.1 Å². The number of rotatable bonds is 2. The van der Waals surface area contributed by atoms with Crippen molar-refractivity contribution in [2.75, 3.05) is 0 Å². The van der Waals surface area contributed by atoms with E-state index in [4.69, 9.17) is 21.9 Å². The molecule has 0 saturated heterocycles. The minimum Gasteiger partial charge on any atom is -0.334 e. The largest absolute Gasteiger partial charge is 0.334 e. The first-order valence-electron chi connectivity index (χ1n) is 6.17. The molecule has 1 aromatic carbocycles. The second kappa shape index (κ2) is 5.68. The Bertz CT molecular complexity index is 611. The summed E-state index contributed by atoms with van der Waals surface area (Å²) in [5.41, 5.74) is 6.35. The molecule has 1 fully saturated rings. The highest BCUT2D eigenvalue weighted by Gasteiger charge is 2.36. The van der Waals surface area contributed by atoms with Crippen LogP contribution >= 0.6 is 24.0 Å². The Kier molecular flexibility index (Phi) is 4.32. The van der Waals surface area contributed by atoms with Gasteiger partial charge in [0, 0.05) is 5.56 Å². The van der Waals surface area contributed by atoms with Gasteiger partial charge in [0.25, 0.3) is 5.89 Å². The summed E-state index contributed by atoms with van der Waals surface area (Å²) in [7, 11) is 0. The molecular weight excluding hydrogens is 304 g/mol. The van der Waals surface area contributed by atoms with Crippen LogP contribution in [0.2, 0.25) is 5.02 Å². The molecular formula is C13H14Cl2FN3O. The van der Waals surface area contributed by atoms with Gasteiger partial charge in [-0.3, -0.25) is 0 Å². The molecule has 0 amide bonds. The fraction of sp³-hybridized carbons (Fsp3) is 0.385. The summed E-state index contributed by atoms with van der Waals surface area (Å²) in [5, 5.41) is 3.98. The topological polar surface area (TPSA) is 64.9 Å². The summed E-state index contributed by atoms with van der Waals surface area (Å²) >= 11 is 5.74. The van der Waals surface area contributed by atoms with E-state index in [0.29, 0.717) is 17.3 Å². The first-order chi connectivity index (χ1) is 9.08. The highest BCUT2D eigenvalue weighted by atomic mass is 35.5. The molecule has 0 bridgehead atoms. The van der Waals surface area contributed by atoms with Gasteiger partial charge in [-0.2, -0.15) is 4.98 Å². The average Bonchev–Trinajstić information content (AvgIpc) is 3.02. The van der Waals surface area contributed by atoms with Crippen LogP contribution in [-0.2, 0) is 5.54 Å². The average molecular weight is 318 g/mol. The molecule has 0 radical (unpaired) electrons. The zero-order valence-electron chi connectivity index (χ0n) is 10.6. The number of nitrogens with zero attached hydrogens (tertiary/aromatic N) is 2. The second-order valence-corrected chi connectivity index (χ2v) is 5.32. The highest BCUT2D eigenvalue weighted by Crippen LogP contribution is 2.35. The lowest BCUT2D eigenvalue weighted by Crippen LogP contribution is -2.34. The third-order valence-electron chi connectivity index (χ3n) is 3.53. The Labute approximate surface area is 126 Å². The lowest BCUT2D eigenvalue weighted by Gasteiger charge is -2.17. The Morgan fingerprint density at radius 2 is 2.00 bits per heavy atom. The Balaban J connectivity index is 0.00000147. The standard InChI is InChI=1S/C13H13ClFN3O.ClH/c14-9-7-8(3-4-10(9)15)11-17-12(18-19-11)13(16)5-1-2-6-13;/h3-4,7H,1-2,5-6,16H2;1H. The summed E-state index contributed by atoms with van der Waals surface area (Å²) < 4.78 is 18.3. The molecule has 4 nitrogen and oxygen atoms in total. The van der Waals surface area contributed by atoms with Gasteiger partial charge in [0.05, 0.1) is 10.6 Å². The van der Waals surface area contributed by atoms with Crippen molar-refractivity contribution in [3.05, 3.63) is 34.9 Å². The summed E-state index contributed by atoms with van der Waals surface area (Å²) in [6, 6.07) is 4.29. The summed E-state index contributed by atoms with van der Waals surface area (Å²) in [5.74, 6) is 0.352. The van der Waals surface area contributed by atoms with Crippen molar-refractivity contribution in [1.29, 1.82) is 0 Å². The van der Waals surface area contributed by atoms with E-state index in [1.807, 2.05) is 0 Å². The molecule has 1 aromatic heterocycles. The SMILES string of the molecule is Cl.NC1(c2noc(-c3ccc(F)c(Cl)c3)n2)CCCC1. The van der Waals surface area contributed by atoms with E-state index in [1.165, 1.54) is 12.1 Å². The van der Waals surface area contributed by atoms with Crippen LogP contribution in [0.1, 0.15) is 31.5 Å². The molecule has 3 rings (SSSR count). The Hall–Kier alpha value is -1.17. The van der Waals surface area contributed by atoms with Crippen LogP contribution < -0.4 is 5.73 Å². The first-order valence-corrected chi connectivity index (χ1v) is 6.55. The van der Waals surface area contributed by atoms with Crippen molar-refractivity contribution < 1.29 is 8.91 Å². The van der Waals surface area contributed by atoms with Gasteiger partial charge in [-0.25, -0.2) is 4.39 Å². The van der Waals surface area contributed by atoms with Gasteiger partial charge in [-0.15, -0.1) is 12.4 Å².